The maximum Gasteiger partial charge on any atom is 0.254 e. The fourth-order valence-electron chi connectivity index (χ4n) is 2.26. The zero-order chi connectivity index (χ0) is 13.1. The minimum Gasteiger partial charge on any atom is -0.335 e. The summed E-state index contributed by atoms with van der Waals surface area (Å²) in [5.41, 5.74) is 1.24. The summed E-state index contributed by atoms with van der Waals surface area (Å²) in [5, 5.41) is 0.754. The van der Waals surface area contributed by atoms with Gasteiger partial charge in [-0.05, 0) is 49.9 Å². The predicted molar refractivity (Wildman–Crippen MR) is 73.6 cm³/mol. The van der Waals surface area contributed by atoms with Crippen molar-refractivity contribution < 1.29 is 9.18 Å². The molecule has 1 aromatic carbocycles. The molecule has 0 unspecified atom stereocenters. The van der Waals surface area contributed by atoms with Crippen LogP contribution < -0.4 is 0 Å². The summed E-state index contributed by atoms with van der Waals surface area (Å²) in [5.74, 6) is -0.396. The molecular formula is C14H17BrFNO. The highest BCUT2D eigenvalue weighted by Crippen LogP contribution is 2.26. The third-order valence-corrected chi connectivity index (χ3v) is 3.75. The molecule has 0 saturated heterocycles. The molecule has 18 heavy (non-hydrogen) atoms. The number of hydrogen-bond donors (Lipinski definition) is 0. The molecule has 1 fully saturated rings. The van der Waals surface area contributed by atoms with Gasteiger partial charge in [-0.3, -0.25) is 4.79 Å². The molecule has 1 aliphatic carbocycles. The molecule has 0 N–H and O–H groups in total. The second kappa shape index (κ2) is 5.83. The number of alkyl halides is 1. The van der Waals surface area contributed by atoms with Gasteiger partial charge in [-0.1, -0.05) is 15.9 Å². The zero-order valence-electron chi connectivity index (χ0n) is 10.5. The Kier molecular flexibility index (Phi) is 4.38. The highest BCUT2D eigenvalue weighted by atomic mass is 79.9. The smallest absolute Gasteiger partial charge is 0.254 e. The van der Waals surface area contributed by atoms with Crippen molar-refractivity contribution in [3.05, 3.63) is 35.1 Å². The van der Waals surface area contributed by atoms with E-state index >= 15 is 0 Å². The maximum atomic E-state index is 13.4. The Hall–Kier alpha value is -0.900. The monoisotopic (exact) mass is 313 g/mol. The average Bonchev–Trinajstić information content (AvgIpc) is 2.23. The van der Waals surface area contributed by atoms with Crippen molar-refractivity contribution >= 4 is 21.8 Å². The van der Waals surface area contributed by atoms with Gasteiger partial charge in [0.05, 0.1) is 0 Å². The number of nitrogens with zero attached hydrogens (tertiary/aromatic N) is 1. The van der Waals surface area contributed by atoms with Gasteiger partial charge < -0.3 is 4.90 Å². The third kappa shape index (κ3) is 2.91. The van der Waals surface area contributed by atoms with E-state index in [1.54, 1.807) is 13.0 Å². The van der Waals surface area contributed by atoms with Crippen molar-refractivity contribution in [3.8, 4) is 0 Å². The summed E-state index contributed by atoms with van der Waals surface area (Å²) in [6.07, 6.45) is 3.30. The molecule has 0 aliphatic heterocycles. The van der Waals surface area contributed by atoms with Gasteiger partial charge in [0.2, 0.25) is 0 Å². The maximum absolute atomic E-state index is 13.4. The number of carbonyl (C=O) groups excluding carboxylic acids is 1. The standard InChI is InChI=1S/C14H17BrFNO/c1-10-7-11(9-12(16)8-10)14(18)17(6-5-15)13-3-2-4-13/h7-9,13H,2-6H2,1H3. The summed E-state index contributed by atoms with van der Waals surface area (Å²) < 4.78 is 13.4. The molecule has 0 aromatic heterocycles. The van der Waals surface area contributed by atoms with E-state index in [1.165, 1.54) is 18.6 Å². The second-order valence-corrected chi connectivity index (χ2v) is 5.58. The number of amides is 1. The van der Waals surface area contributed by atoms with Crippen molar-refractivity contribution in [3.63, 3.8) is 0 Å². The lowest BCUT2D eigenvalue weighted by molar-refractivity contribution is 0.0599. The van der Waals surface area contributed by atoms with Crippen LogP contribution in [-0.2, 0) is 0 Å². The number of aryl methyl sites for hydroxylation is 1. The van der Waals surface area contributed by atoms with Crippen LogP contribution in [0.5, 0.6) is 0 Å². The van der Waals surface area contributed by atoms with Crippen LogP contribution in [0.2, 0.25) is 0 Å². The molecule has 0 radical (unpaired) electrons. The molecule has 1 amide bonds. The van der Waals surface area contributed by atoms with Crippen LogP contribution in [0, 0.1) is 12.7 Å². The topological polar surface area (TPSA) is 20.3 Å². The Morgan fingerprint density at radius 1 is 1.44 bits per heavy atom. The SMILES string of the molecule is Cc1cc(F)cc(C(=O)N(CCBr)C2CCC2)c1. The second-order valence-electron chi connectivity index (χ2n) is 4.79. The first-order chi connectivity index (χ1) is 8.61. The number of benzene rings is 1. The number of halogens is 2. The fourth-order valence-corrected chi connectivity index (χ4v) is 2.65. The zero-order valence-corrected chi connectivity index (χ0v) is 12.0. The van der Waals surface area contributed by atoms with Crippen LogP contribution >= 0.6 is 15.9 Å². The fraction of sp³-hybridized carbons (Fsp3) is 0.500. The highest BCUT2D eigenvalue weighted by molar-refractivity contribution is 9.09. The third-order valence-electron chi connectivity index (χ3n) is 3.39. The van der Waals surface area contributed by atoms with Gasteiger partial charge >= 0.3 is 0 Å². The lowest BCUT2D eigenvalue weighted by atomic mass is 9.91. The Bertz CT molecular complexity index is 425. The van der Waals surface area contributed by atoms with E-state index in [4.69, 9.17) is 0 Å². The largest absolute Gasteiger partial charge is 0.335 e. The lowest BCUT2D eigenvalue weighted by Gasteiger charge is -2.37. The summed E-state index contributed by atoms with van der Waals surface area (Å²) in [6, 6.07) is 4.86. The van der Waals surface area contributed by atoms with Crippen molar-refractivity contribution in [2.75, 3.05) is 11.9 Å². The minimum absolute atomic E-state index is 0.0539. The summed E-state index contributed by atoms with van der Waals surface area (Å²) in [4.78, 5) is 14.3. The number of carbonyl (C=O) groups is 1. The van der Waals surface area contributed by atoms with E-state index in [9.17, 15) is 9.18 Å². The van der Waals surface area contributed by atoms with Crippen molar-refractivity contribution in [2.24, 2.45) is 0 Å². The summed E-state index contributed by atoms with van der Waals surface area (Å²) >= 11 is 3.37. The Labute approximate surface area is 115 Å². The molecule has 0 bridgehead atoms. The van der Waals surface area contributed by atoms with Crippen LogP contribution in [0.15, 0.2) is 18.2 Å². The normalized spacial score (nSPS) is 15.3. The average molecular weight is 314 g/mol. The van der Waals surface area contributed by atoms with Crippen molar-refractivity contribution in [1.82, 2.24) is 4.90 Å². The van der Waals surface area contributed by atoms with Crippen molar-refractivity contribution in [1.29, 1.82) is 0 Å². The molecule has 1 aromatic rings. The predicted octanol–water partition coefficient (Wildman–Crippen LogP) is 3.52. The van der Waals surface area contributed by atoms with E-state index in [0.717, 1.165) is 23.7 Å². The Balaban J connectivity index is 2.21. The number of hydrogen-bond acceptors (Lipinski definition) is 1. The highest BCUT2D eigenvalue weighted by Gasteiger charge is 2.29. The van der Waals surface area contributed by atoms with Gasteiger partial charge in [0.15, 0.2) is 0 Å². The van der Waals surface area contributed by atoms with Gasteiger partial charge in [-0.15, -0.1) is 0 Å². The Morgan fingerprint density at radius 3 is 2.67 bits per heavy atom. The first-order valence-corrected chi connectivity index (χ1v) is 7.38. The molecule has 1 saturated carbocycles. The van der Waals surface area contributed by atoms with Crippen LogP contribution in [0.4, 0.5) is 4.39 Å². The quantitative estimate of drug-likeness (QED) is 0.779. The summed E-state index contributed by atoms with van der Waals surface area (Å²) in [6.45, 7) is 2.48. The molecule has 0 atom stereocenters. The molecule has 2 nitrogen and oxygen atoms in total. The van der Waals surface area contributed by atoms with Gasteiger partial charge in [0, 0.05) is 23.5 Å². The van der Waals surface area contributed by atoms with E-state index in [1.807, 2.05) is 4.90 Å². The first-order valence-electron chi connectivity index (χ1n) is 6.26. The van der Waals surface area contributed by atoms with Crippen molar-refractivity contribution in [2.45, 2.75) is 32.2 Å². The van der Waals surface area contributed by atoms with Gasteiger partial charge in [0.25, 0.3) is 5.91 Å². The van der Waals surface area contributed by atoms with E-state index in [-0.39, 0.29) is 11.7 Å². The molecule has 4 heteroatoms. The van der Waals surface area contributed by atoms with Crippen LogP contribution in [-0.4, -0.2) is 28.7 Å². The molecule has 2 rings (SSSR count). The van der Waals surface area contributed by atoms with Crippen LogP contribution in [0.25, 0.3) is 0 Å². The Morgan fingerprint density at radius 2 is 2.17 bits per heavy atom. The molecular weight excluding hydrogens is 297 g/mol. The van der Waals surface area contributed by atoms with Gasteiger partial charge in [-0.2, -0.15) is 0 Å². The van der Waals surface area contributed by atoms with E-state index in [0.29, 0.717) is 18.2 Å². The molecule has 98 valence electrons. The van der Waals surface area contributed by atoms with Gasteiger partial charge in [-0.25, -0.2) is 4.39 Å². The van der Waals surface area contributed by atoms with Gasteiger partial charge in [0.1, 0.15) is 5.82 Å². The van der Waals surface area contributed by atoms with E-state index < -0.39 is 0 Å². The molecule has 0 heterocycles. The molecule has 0 spiro atoms. The minimum atomic E-state index is -0.342. The summed E-state index contributed by atoms with van der Waals surface area (Å²) in [7, 11) is 0. The van der Waals surface area contributed by atoms with Crippen LogP contribution in [0.3, 0.4) is 0 Å². The number of rotatable bonds is 4. The van der Waals surface area contributed by atoms with Crippen LogP contribution in [0.1, 0.15) is 35.2 Å². The molecule has 1 aliphatic rings. The van der Waals surface area contributed by atoms with E-state index in [2.05, 4.69) is 15.9 Å². The lowest BCUT2D eigenvalue weighted by Crippen LogP contribution is -2.45. The first kappa shape index (κ1) is 13.5.